The number of halogens is 1. The lowest BCUT2D eigenvalue weighted by molar-refractivity contribution is -0.384. The number of benzene rings is 2. The summed E-state index contributed by atoms with van der Waals surface area (Å²) in [5.74, 6) is -0.464. The van der Waals surface area contributed by atoms with Crippen LogP contribution in [0.3, 0.4) is 0 Å². The molecule has 1 fully saturated rings. The number of amides is 2. The van der Waals surface area contributed by atoms with Crippen LogP contribution in [0.4, 0.5) is 16.2 Å². The Bertz CT molecular complexity index is 883. The number of carbonyl (C=O) groups is 2. The molecule has 0 N–H and O–H groups in total. The van der Waals surface area contributed by atoms with Crippen molar-refractivity contribution in [3.05, 3.63) is 74.1 Å². The molecule has 0 unspecified atom stereocenters. The number of nitro benzene ring substituents is 1. The average Bonchev–Trinajstić information content (AvgIpc) is 2.83. The van der Waals surface area contributed by atoms with Gasteiger partial charge in [0.2, 0.25) is 0 Å². The van der Waals surface area contributed by atoms with Gasteiger partial charge in [-0.15, -0.1) is 0 Å². The molecule has 3 rings (SSSR count). The van der Waals surface area contributed by atoms with E-state index in [0.717, 1.165) is 16.7 Å². The van der Waals surface area contributed by atoms with Crippen LogP contribution in [0.2, 0.25) is 5.02 Å². The Morgan fingerprint density at radius 2 is 1.83 bits per heavy atom. The van der Waals surface area contributed by atoms with Gasteiger partial charge in [-0.3, -0.25) is 19.7 Å². The zero-order chi connectivity index (χ0) is 17.3. The van der Waals surface area contributed by atoms with Gasteiger partial charge in [0.05, 0.1) is 15.5 Å². The second kappa shape index (κ2) is 6.46. The van der Waals surface area contributed by atoms with Crippen LogP contribution in [0, 0.1) is 10.1 Å². The van der Waals surface area contributed by atoms with E-state index in [1.165, 1.54) is 18.2 Å². The highest BCUT2D eigenvalue weighted by atomic mass is 35.5. The van der Waals surface area contributed by atoms with Gasteiger partial charge in [-0.25, -0.2) is 4.90 Å². The summed E-state index contributed by atoms with van der Waals surface area (Å²) in [7, 11) is 0. The molecule has 0 saturated carbocycles. The molecule has 0 atom stereocenters. The van der Waals surface area contributed by atoms with E-state index >= 15 is 0 Å². The summed E-state index contributed by atoms with van der Waals surface area (Å²) < 4.78 is 0. The van der Waals surface area contributed by atoms with Crippen molar-refractivity contribution in [3.8, 4) is 0 Å². The zero-order valence-electron chi connectivity index (χ0n) is 12.0. The van der Waals surface area contributed by atoms with Gasteiger partial charge in [-0.05, 0) is 41.6 Å². The maximum atomic E-state index is 12.5. The first-order chi connectivity index (χ1) is 11.5. The van der Waals surface area contributed by atoms with Crippen molar-refractivity contribution in [2.45, 2.75) is 0 Å². The predicted octanol–water partition coefficient (Wildman–Crippen LogP) is 4.49. The van der Waals surface area contributed by atoms with Crippen LogP contribution in [-0.2, 0) is 4.79 Å². The van der Waals surface area contributed by atoms with Crippen molar-refractivity contribution < 1.29 is 14.5 Å². The highest BCUT2D eigenvalue weighted by Gasteiger charge is 2.36. The van der Waals surface area contributed by atoms with Gasteiger partial charge >= 0.3 is 0 Å². The molecular weight excluding hydrogens is 352 g/mol. The van der Waals surface area contributed by atoms with Crippen LogP contribution < -0.4 is 4.90 Å². The van der Waals surface area contributed by atoms with Gasteiger partial charge in [0.15, 0.2) is 0 Å². The van der Waals surface area contributed by atoms with Crippen LogP contribution in [0.1, 0.15) is 5.56 Å². The summed E-state index contributed by atoms with van der Waals surface area (Å²) in [6, 6.07) is 12.7. The van der Waals surface area contributed by atoms with E-state index < -0.39 is 16.1 Å². The SMILES string of the molecule is O=C1SC(=Cc2ccc(Cl)c([N+](=O)[O-])c2)C(=O)N1c1ccccc1. The minimum absolute atomic E-state index is 0.00883. The Hall–Kier alpha value is -2.64. The lowest BCUT2D eigenvalue weighted by atomic mass is 10.2. The summed E-state index contributed by atoms with van der Waals surface area (Å²) in [6.07, 6.45) is 1.44. The first kappa shape index (κ1) is 16.2. The Labute approximate surface area is 145 Å². The summed E-state index contributed by atoms with van der Waals surface area (Å²) in [6.45, 7) is 0. The van der Waals surface area contributed by atoms with E-state index in [4.69, 9.17) is 11.6 Å². The van der Waals surface area contributed by atoms with Gasteiger partial charge in [-0.2, -0.15) is 0 Å². The van der Waals surface area contributed by atoms with E-state index in [1.807, 2.05) is 0 Å². The lowest BCUT2D eigenvalue weighted by Crippen LogP contribution is -2.27. The van der Waals surface area contributed by atoms with Gasteiger partial charge in [0, 0.05) is 6.07 Å². The number of anilines is 1. The number of hydrogen-bond acceptors (Lipinski definition) is 5. The number of thioether (sulfide) groups is 1. The zero-order valence-corrected chi connectivity index (χ0v) is 13.6. The maximum absolute atomic E-state index is 12.5. The molecule has 1 aliphatic heterocycles. The smallest absolute Gasteiger partial charge is 0.268 e. The third kappa shape index (κ3) is 3.04. The Balaban J connectivity index is 1.95. The predicted molar refractivity (Wildman–Crippen MR) is 93.0 cm³/mol. The minimum Gasteiger partial charge on any atom is -0.268 e. The number of hydrogen-bond donors (Lipinski definition) is 0. The van der Waals surface area contributed by atoms with Gasteiger partial charge in [0.1, 0.15) is 5.02 Å². The summed E-state index contributed by atoms with van der Waals surface area (Å²) >= 11 is 6.55. The highest BCUT2D eigenvalue weighted by molar-refractivity contribution is 8.19. The molecule has 0 aromatic heterocycles. The minimum atomic E-state index is -0.602. The molecular formula is C16H9ClN2O4S. The standard InChI is InChI=1S/C16H9ClN2O4S/c17-12-7-6-10(8-13(12)19(22)23)9-14-15(20)18(16(21)24-14)11-4-2-1-3-5-11/h1-9H. The van der Waals surface area contributed by atoms with Crippen molar-refractivity contribution in [2.75, 3.05) is 4.90 Å². The van der Waals surface area contributed by atoms with E-state index in [-0.39, 0.29) is 15.6 Å². The van der Waals surface area contributed by atoms with Gasteiger partial charge < -0.3 is 0 Å². The van der Waals surface area contributed by atoms with Crippen molar-refractivity contribution in [2.24, 2.45) is 0 Å². The van der Waals surface area contributed by atoms with Crippen molar-refractivity contribution >= 4 is 52.0 Å². The molecule has 0 radical (unpaired) electrons. The quantitative estimate of drug-likeness (QED) is 0.457. The third-order valence-electron chi connectivity index (χ3n) is 3.27. The molecule has 1 heterocycles. The summed E-state index contributed by atoms with van der Waals surface area (Å²) in [5.41, 5.74) is 0.642. The molecule has 0 spiro atoms. The molecule has 0 aliphatic carbocycles. The van der Waals surface area contributed by atoms with Crippen molar-refractivity contribution in [1.29, 1.82) is 0 Å². The van der Waals surface area contributed by atoms with Crippen LogP contribution in [0.5, 0.6) is 0 Å². The van der Waals surface area contributed by atoms with Gasteiger partial charge in [-0.1, -0.05) is 35.9 Å². The van der Waals surface area contributed by atoms with Crippen molar-refractivity contribution in [1.82, 2.24) is 0 Å². The fraction of sp³-hybridized carbons (Fsp3) is 0. The molecule has 1 saturated heterocycles. The van der Waals surface area contributed by atoms with Crippen LogP contribution in [0.25, 0.3) is 6.08 Å². The largest absolute Gasteiger partial charge is 0.298 e. The molecule has 120 valence electrons. The van der Waals surface area contributed by atoms with Gasteiger partial charge in [0.25, 0.3) is 16.8 Å². The molecule has 2 aromatic rings. The van der Waals surface area contributed by atoms with E-state index in [0.29, 0.717) is 11.3 Å². The van der Waals surface area contributed by atoms with E-state index in [2.05, 4.69) is 0 Å². The maximum Gasteiger partial charge on any atom is 0.298 e. The average molecular weight is 361 g/mol. The number of imide groups is 1. The highest BCUT2D eigenvalue weighted by Crippen LogP contribution is 2.36. The number of nitro groups is 1. The van der Waals surface area contributed by atoms with Crippen LogP contribution in [-0.4, -0.2) is 16.1 Å². The second-order valence-electron chi connectivity index (χ2n) is 4.82. The summed E-state index contributed by atoms with van der Waals surface area (Å²) in [4.78, 5) is 36.2. The van der Waals surface area contributed by atoms with E-state index in [1.54, 1.807) is 36.4 Å². The lowest BCUT2D eigenvalue weighted by Gasteiger charge is -2.11. The number of para-hydroxylation sites is 1. The number of rotatable bonds is 3. The fourth-order valence-electron chi connectivity index (χ4n) is 2.18. The first-order valence-corrected chi connectivity index (χ1v) is 7.94. The molecule has 24 heavy (non-hydrogen) atoms. The Morgan fingerprint density at radius 3 is 2.50 bits per heavy atom. The van der Waals surface area contributed by atoms with E-state index in [9.17, 15) is 19.7 Å². The molecule has 8 heteroatoms. The second-order valence-corrected chi connectivity index (χ2v) is 6.22. The van der Waals surface area contributed by atoms with Crippen molar-refractivity contribution in [3.63, 3.8) is 0 Å². The normalized spacial score (nSPS) is 16.0. The Morgan fingerprint density at radius 1 is 1.12 bits per heavy atom. The fourth-order valence-corrected chi connectivity index (χ4v) is 3.21. The molecule has 2 aromatic carbocycles. The third-order valence-corrected chi connectivity index (χ3v) is 4.46. The monoisotopic (exact) mass is 360 g/mol. The molecule has 1 aliphatic rings. The topological polar surface area (TPSA) is 80.5 Å². The molecule has 0 bridgehead atoms. The number of carbonyl (C=O) groups excluding carboxylic acids is 2. The first-order valence-electron chi connectivity index (χ1n) is 6.74. The molecule has 6 nitrogen and oxygen atoms in total. The van der Waals surface area contributed by atoms with Crippen LogP contribution in [0.15, 0.2) is 53.4 Å². The van der Waals surface area contributed by atoms with Crippen LogP contribution >= 0.6 is 23.4 Å². The Kier molecular flexibility index (Phi) is 4.37. The molecule has 2 amide bonds. The summed E-state index contributed by atoms with van der Waals surface area (Å²) in [5, 5.41) is 10.5. The number of nitrogens with zero attached hydrogens (tertiary/aromatic N) is 2.